The number of aromatic amines is 1. The number of nitrogens with zero attached hydrogens (tertiary/aromatic N) is 2. The summed E-state index contributed by atoms with van der Waals surface area (Å²) in [4.78, 5) is 20.4. The van der Waals surface area contributed by atoms with Gasteiger partial charge in [-0.15, -0.1) is 0 Å². The van der Waals surface area contributed by atoms with Gasteiger partial charge in [-0.25, -0.2) is 0 Å². The Balaban J connectivity index is 1.62. The molecule has 1 aliphatic heterocycles. The molecule has 0 unspecified atom stereocenters. The zero-order chi connectivity index (χ0) is 23.2. The molecule has 172 valence electrons. The number of nitrogens with one attached hydrogen (secondary N) is 1. The first kappa shape index (κ1) is 22.9. The summed E-state index contributed by atoms with van der Waals surface area (Å²) in [7, 11) is 0. The molecule has 0 saturated carbocycles. The summed E-state index contributed by atoms with van der Waals surface area (Å²) in [6, 6.07) is 20.4. The number of carbonyl (C=O) groups excluding carboxylic acids is 1. The summed E-state index contributed by atoms with van der Waals surface area (Å²) < 4.78 is 0. The number of benzene rings is 2. The molecule has 1 aliphatic rings. The van der Waals surface area contributed by atoms with Crippen LogP contribution in [0.2, 0.25) is 0 Å². The van der Waals surface area contributed by atoms with Crippen LogP contribution in [0.3, 0.4) is 0 Å². The number of nitrogen functional groups attached to an aromatic ring is 1. The maximum atomic E-state index is 12.8. The Labute approximate surface area is 196 Å². The van der Waals surface area contributed by atoms with E-state index in [9.17, 15) is 4.79 Å². The van der Waals surface area contributed by atoms with Crippen LogP contribution in [0.15, 0.2) is 72.4 Å². The summed E-state index contributed by atoms with van der Waals surface area (Å²) in [5, 5.41) is 0. The van der Waals surface area contributed by atoms with E-state index in [0.717, 1.165) is 54.9 Å². The van der Waals surface area contributed by atoms with Gasteiger partial charge in [-0.3, -0.25) is 9.69 Å². The number of piperidine rings is 1. The minimum absolute atomic E-state index is 0.0855. The number of aromatic nitrogens is 1. The SMILES string of the molecule is CCN(CC)C(=O)c1ccc(C(=C2CCN(Cc3ccc[nH]3)CC2)c2cccc(N)c2)cc1. The third-order valence-electron chi connectivity index (χ3n) is 6.52. The second-order valence-corrected chi connectivity index (χ2v) is 8.63. The minimum atomic E-state index is 0.0855. The Morgan fingerprint density at radius 2 is 1.64 bits per heavy atom. The van der Waals surface area contributed by atoms with Crippen LogP contribution in [0.1, 0.15) is 53.9 Å². The maximum Gasteiger partial charge on any atom is 0.253 e. The van der Waals surface area contributed by atoms with Gasteiger partial charge in [-0.05, 0) is 79.8 Å². The first-order valence-corrected chi connectivity index (χ1v) is 11.9. The number of likely N-dealkylation sites (tertiary alicyclic amines) is 1. The third kappa shape index (κ3) is 5.37. The van der Waals surface area contributed by atoms with E-state index in [1.54, 1.807) is 0 Å². The Bertz CT molecular complexity index is 1090. The van der Waals surface area contributed by atoms with Crippen molar-refractivity contribution in [2.24, 2.45) is 0 Å². The highest BCUT2D eigenvalue weighted by atomic mass is 16.2. The maximum absolute atomic E-state index is 12.8. The molecule has 0 radical (unpaired) electrons. The van der Waals surface area contributed by atoms with E-state index in [-0.39, 0.29) is 5.91 Å². The van der Waals surface area contributed by atoms with Gasteiger partial charge in [0.2, 0.25) is 0 Å². The van der Waals surface area contributed by atoms with E-state index < -0.39 is 0 Å². The van der Waals surface area contributed by atoms with Crippen molar-refractivity contribution >= 4 is 17.2 Å². The molecule has 1 fully saturated rings. The lowest BCUT2D eigenvalue weighted by Crippen LogP contribution is -2.30. The molecule has 0 bridgehead atoms. The number of carbonyl (C=O) groups is 1. The molecule has 1 aromatic heterocycles. The van der Waals surface area contributed by atoms with Crippen molar-refractivity contribution in [1.82, 2.24) is 14.8 Å². The highest BCUT2D eigenvalue weighted by Crippen LogP contribution is 2.33. The van der Waals surface area contributed by atoms with Crippen LogP contribution >= 0.6 is 0 Å². The van der Waals surface area contributed by atoms with Gasteiger partial charge in [0.05, 0.1) is 0 Å². The van der Waals surface area contributed by atoms with Crippen LogP contribution < -0.4 is 5.73 Å². The van der Waals surface area contributed by atoms with E-state index in [4.69, 9.17) is 5.73 Å². The quantitative estimate of drug-likeness (QED) is 0.496. The first-order chi connectivity index (χ1) is 16.1. The largest absolute Gasteiger partial charge is 0.399 e. The number of hydrogen-bond donors (Lipinski definition) is 2. The molecule has 1 saturated heterocycles. The molecule has 3 N–H and O–H groups in total. The van der Waals surface area contributed by atoms with E-state index in [1.807, 2.05) is 49.2 Å². The van der Waals surface area contributed by atoms with Crippen molar-refractivity contribution in [3.63, 3.8) is 0 Å². The fourth-order valence-corrected chi connectivity index (χ4v) is 4.68. The lowest BCUT2D eigenvalue weighted by Gasteiger charge is -2.30. The average Bonchev–Trinajstić information content (AvgIpc) is 3.35. The number of rotatable bonds is 7. The van der Waals surface area contributed by atoms with Gasteiger partial charge in [0, 0.05) is 55.9 Å². The van der Waals surface area contributed by atoms with E-state index in [1.165, 1.54) is 16.8 Å². The number of nitrogens with two attached hydrogens (primary N) is 1. The predicted octanol–water partition coefficient (Wildman–Crippen LogP) is 5.18. The van der Waals surface area contributed by atoms with Crippen molar-refractivity contribution in [2.75, 3.05) is 31.9 Å². The van der Waals surface area contributed by atoms with Crippen LogP contribution in [0.25, 0.3) is 5.57 Å². The summed E-state index contributed by atoms with van der Waals surface area (Å²) in [6.45, 7) is 8.47. The molecule has 1 amide bonds. The van der Waals surface area contributed by atoms with Crippen molar-refractivity contribution in [3.8, 4) is 0 Å². The summed E-state index contributed by atoms with van der Waals surface area (Å²) in [5.41, 5.74) is 13.9. The number of H-pyrrole nitrogens is 1. The van der Waals surface area contributed by atoms with Crippen molar-refractivity contribution in [2.45, 2.75) is 33.2 Å². The number of hydrogen-bond acceptors (Lipinski definition) is 3. The molecule has 3 aromatic rings. The fourth-order valence-electron chi connectivity index (χ4n) is 4.68. The Kier molecular flexibility index (Phi) is 7.30. The normalized spacial score (nSPS) is 14.3. The van der Waals surface area contributed by atoms with Gasteiger partial charge in [0.1, 0.15) is 0 Å². The van der Waals surface area contributed by atoms with Gasteiger partial charge in [0.15, 0.2) is 0 Å². The van der Waals surface area contributed by atoms with Gasteiger partial charge in [-0.2, -0.15) is 0 Å². The molecule has 0 spiro atoms. The number of amides is 1. The first-order valence-electron chi connectivity index (χ1n) is 11.9. The van der Waals surface area contributed by atoms with Gasteiger partial charge in [0.25, 0.3) is 5.91 Å². The van der Waals surface area contributed by atoms with Crippen molar-refractivity contribution < 1.29 is 4.79 Å². The number of anilines is 1. The van der Waals surface area contributed by atoms with E-state index in [2.05, 4.69) is 46.3 Å². The van der Waals surface area contributed by atoms with Gasteiger partial charge in [-0.1, -0.05) is 29.8 Å². The third-order valence-corrected chi connectivity index (χ3v) is 6.52. The molecule has 5 nitrogen and oxygen atoms in total. The van der Waals surface area contributed by atoms with Gasteiger partial charge >= 0.3 is 0 Å². The Morgan fingerprint density at radius 3 is 2.24 bits per heavy atom. The highest BCUT2D eigenvalue weighted by molar-refractivity contribution is 5.95. The van der Waals surface area contributed by atoms with Crippen molar-refractivity contribution in [3.05, 3.63) is 94.8 Å². The molecular weight excluding hydrogens is 408 g/mol. The molecular formula is C28H34N4O. The monoisotopic (exact) mass is 442 g/mol. The van der Waals surface area contributed by atoms with Crippen LogP contribution in [0.5, 0.6) is 0 Å². The lowest BCUT2D eigenvalue weighted by atomic mass is 9.88. The average molecular weight is 443 g/mol. The van der Waals surface area contributed by atoms with Crippen LogP contribution in [0, 0.1) is 0 Å². The van der Waals surface area contributed by atoms with Crippen molar-refractivity contribution in [1.29, 1.82) is 0 Å². The predicted molar refractivity (Wildman–Crippen MR) is 136 cm³/mol. The summed E-state index contributed by atoms with van der Waals surface area (Å²) in [5.74, 6) is 0.0855. The topological polar surface area (TPSA) is 65.4 Å². The smallest absolute Gasteiger partial charge is 0.253 e. The second kappa shape index (κ2) is 10.5. The molecule has 0 atom stereocenters. The molecule has 2 heterocycles. The summed E-state index contributed by atoms with van der Waals surface area (Å²) >= 11 is 0. The Morgan fingerprint density at radius 1 is 0.939 bits per heavy atom. The summed E-state index contributed by atoms with van der Waals surface area (Å²) in [6.07, 6.45) is 4.02. The van der Waals surface area contributed by atoms with Crippen LogP contribution in [-0.4, -0.2) is 46.9 Å². The molecule has 33 heavy (non-hydrogen) atoms. The Hall–Kier alpha value is -3.31. The highest BCUT2D eigenvalue weighted by Gasteiger charge is 2.20. The molecule has 0 aliphatic carbocycles. The van der Waals surface area contributed by atoms with Crippen LogP contribution in [-0.2, 0) is 6.54 Å². The standard InChI is InChI=1S/C28H34N4O/c1-3-32(4-2)28(33)23-12-10-21(11-13-23)27(24-7-5-8-25(29)19-24)22-14-17-31(18-15-22)20-26-9-6-16-30-26/h5-13,16,19,30H,3-4,14-15,17-18,20,29H2,1-2H3. The van der Waals surface area contributed by atoms with E-state index in [0.29, 0.717) is 13.1 Å². The minimum Gasteiger partial charge on any atom is -0.399 e. The second-order valence-electron chi connectivity index (χ2n) is 8.63. The molecule has 2 aromatic carbocycles. The zero-order valence-corrected chi connectivity index (χ0v) is 19.7. The van der Waals surface area contributed by atoms with Gasteiger partial charge < -0.3 is 15.6 Å². The van der Waals surface area contributed by atoms with E-state index >= 15 is 0 Å². The zero-order valence-electron chi connectivity index (χ0n) is 19.7. The lowest BCUT2D eigenvalue weighted by molar-refractivity contribution is 0.0773. The van der Waals surface area contributed by atoms with Crippen LogP contribution in [0.4, 0.5) is 5.69 Å². The molecule has 4 rings (SSSR count). The fraction of sp³-hybridized carbons (Fsp3) is 0.321. The molecule has 5 heteroatoms.